The number of carbonyl (C=O) groups is 2. The number of nitrogens with one attached hydrogen (secondary N) is 2. The number of sulfonamides is 1. The first-order chi connectivity index (χ1) is 18.4. The molecule has 1 aliphatic rings. The highest BCUT2D eigenvalue weighted by molar-refractivity contribution is 7.92. The highest BCUT2D eigenvalue weighted by Crippen LogP contribution is 2.35. The number of hydrogen-bond donors (Lipinski definition) is 3. The summed E-state index contributed by atoms with van der Waals surface area (Å²) >= 11 is 0. The van der Waals surface area contributed by atoms with Gasteiger partial charge in [0.15, 0.2) is 0 Å². The summed E-state index contributed by atoms with van der Waals surface area (Å²) in [6.07, 6.45) is 0. The van der Waals surface area contributed by atoms with Crippen LogP contribution in [0.1, 0.15) is 34.5 Å². The molecule has 39 heavy (non-hydrogen) atoms. The predicted molar refractivity (Wildman–Crippen MR) is 140 cm³/mol. The number of benzene rings is 3. The summed E-state index contributed by atoms with van der Waals surface area (Å²) in [5.41, 5.74) is 6.35. The van der Waals surface area contributed by atoms with E-state index in [9.17, 15) is 31.2 Å². The number of nitrogens with zero attached hydrogens (tertiary/aromatic N) is 1. The minimum Gasteiger partial charge on any atom is -0.368 e. The Bertz CT molecular complexity index is 1420. The highest BCUT2D eigenvalue weighted by atomic mass is 32.2. The largest absolute Gasteiger partial charge is 0.368 e. The van der Waals surface area contributed by atoms with Crippen molar-refractivity contribution in [1.82, 2.24) is 10.2 Å². The first-order valence-corrected chi connectivity index (χ1v) is 13.7. The molecule has 0 aromatic heterocycles. The smallest absolute Gasteiger partial charge is 0.252 e. The number of carbonyl (C=O) groups excluding carboxylic acids is 2. The molecule has 1 aliphatic heterocycles. The Hall–Kier alpha value is -3.90. The molecule has 1 fully saturated rings. The molecule has 206 valence electrons. The lowest BCUT2D eigenvalue weighted by atomic mass is 9.91. The van der Waals surface area contributed by atoms with E-state index in [0.717, 1.165) is 29.3 Å². The van der Waals surface area contributed by atoms with Crippen molar-refractivity contribution in [2.24, 2.45) is 11.7 Å². The van der Waals surface area contributed by atoms with Gasteiger partial charge in [0, 0.05) is 24.6 Å². The average Bonchev–Trinajstić information content (AvgIpc) is 2.83. The number of likely N-dealkylation sites (tertiary alicyclic amines) is 1. The van der Waals surface area contributed by atoms with E-state index in [4.69, 9.17) is 5.73 Å². The summed E-state index contributed by atoms with van der Waals surface area (Å²) < 4.78 is 69.2. The molecule has 1 atom stereocenters. The van der Waals surface area contributed by atoms with Crippen LogP contribution in [0.15, 0.2) is 66.7 Å². The van der Waals surface area contributed by atoms with E-state index in [0.29, 0.717) is 13.1 Å². The minimum absolute atomic E-state index is 0.140. The number of amides is 2. The fraction of sp³-hybridized carbons (Fsp3) is 0.259. The van der Waals surface area contributed by atoms with Crippen LogP contribution in [0.5, 0.6) is 0 Å². The molecule has 4 rings (SSSR count). The van der Waals surface area contributed by atoms with Crippen LogP contribution >= 0.6 is 0 Å². The topological polar surface area (TPSA) is 122 Å². The molecule has 12 heteroatoms. The van der Waals surface area contributed by atoms with Crippen LogP contribution < -0.4 is 15.8 Å². The molecule has 0 saturated carbocycles. The summed E-state index contributed by atoms with van der Waals surface area (Å²) in [6.45, 7) is 2.14. The third kappa shape index (κ3) is 7.15. The molecule has 3 aromatic carbocycles. The van der Waals surface area contributed by atoms with E-state index >= 15 is 0 Å². The van der Waals surface area contributed by atoms with Crippen molar-refractivity contribution < 1.29 is 31.2 Å². The third-order valence-electron chi connectivity index (χ3n) is 6.38. The maximum absolute atomic E-state index is 14.2. The molecule has 0 spiro atoms. The molecule has 1 heterocycles. The van der Waals surface area contributed by atoms with Gasteiger partial charge in [0.25, 0.3) is 5.91 Å². The zero-order chi connectivity index (χ0) is 28.3. The van der Waals surface area contributed by atoms with E-state index < -0.39 is 45.3 Å². The van der Waals surface area contributed by atoms with Crippen molar-refractivity contribution in [2.45, 2.75) is 19.0 Å². The zero-order valence-corrected chi connectivity index (χ0v) is 21.7. The van der Waals surface area contributed by atoms with Crippen LogP contribution in [-0.4, -0.2) is 50.0 Å². The van der Waals surface area contributed by atoms with Gasteiger partial charge in [0.05, 0.1) is 17.5 Å². The van der Waals surface area contributed by atoms with Gasteiger partial charge in [-0.25, -0.2) is 21.6 Å². The Kier molecular flexibility index (Phi) is 8.26. The molecule has 1 saturated heterocycles. The lowest BCUT2D eigenvalue weighted by molar-refractivity contribution is -0.119. The van der Waals surface area contributed by atoms with Gasteiger partial charge >= 0.3 is 0 Å². The SMILES string of the molecule is C[C@H](NC(=O)c1cc(F)cc(NS(=O)(=O)CC2CN(C(c3ccc(F)cc3)c3ccc(F)cc3)C2)c1)C(N)=O. The number of rotatable bonds is 10. The van der Waals surface area contributed by atoms with E-state index in [-0.39, 0.29) is 29.0 Å². The predicted octanol–water partition coefficient (Wildman–Crippen LogP) is 3.17. The number of anilines is 1. The van der Waals surface area contributed by atoms with Crippen LogP contribution in [0.2, 0.25) is 0 Å². The number of hydrogen-bond acceptors (Lipinski definition) is 5. The molecule has 0 radical (unpaired) electrons. The molecular formula is C27H27F3N4O4S. The first-order valence-electron chi connectivity index (χ1n) is 12.1. The van der Waals surface area contributed by atoms with E-state index in [2.05, 4.69) is 10.0 Å². The van der Waals surface area contributed by atoms with Crippen molar-refractivity contribution >= 4 is 27.5 Å². The maximum atomic E-state index is 14.2. The summed E-state index contributed by atoms with van der Waals surface area (Å²) in [4.78, 5) is 25.5. The standard InChI is InChI=1S/C27H27F3N4O4S/c1-16(26(31)35)32-27(36)20-10-23(30)12-24(11-20)33-39(37,38)15-17-13-34(14-17)25(18-2-6-21(28)7-3-18)19-4-8-22(29)9-5-19/h2-12,16-17,25,33H,13-15H2,1H3,(H2,31,35)(H,32,36)/t16-/m0/s1. The third-order valence-corrected chi connectivity index (χ3v) is 7.84. The second kappa shape index (κ2) is 11.5. The van der Waals surface area contributed by atoms with Gasteiger partial charge in [-0.15, -0.1) is 0 Å². The Balaban J connectivity index is 1.43. The highest BCUT2D eigenvalue weighted by Gasteiger charge is 2.36. The Morgan fingerprint density at radius 2 is 1.46 bits per heavy atom. The Labute approximate surface area is 224 Å². The van der Waals surface area contributed by atoms with Crippen LogP contribution in [0, 0.1) is 23.4 Å². The van der Waals surface area contributed by atoms with Crippen LogP contribution in [0.25, 0.3) is 0 Å². The quantitative estimate of drug-likeness (QED) is 0.352. The molecule has 8 nitrogen and oxygen atoms in total. The molecule has 4 N–H and O–H groups in total. The van der Waals surface area contributed by atoms with Gasteiger partial charge in [-0.2, -0.15) is 0 Å². The average molecular weight is 561 g/mol. The second-order valence-corrected chi connectivity index (χ2v) is 11.3. The number of primary amides is 1. The minimum atomic E-state index is -3.93. The van der Waals surface area contributed by atoms with Crippen molar-refractivity contribution in [3.63, 3.8) is 0 Å². The van der Waals surface area contributed by atoms with Crippen molar-refractivity contribution in [3.8, 4) is 0 Å². The summed E-state index contributed by atoms with van der Waals surface area (Å²) in [7, 11) is -3.93. The molecule has 0 bridgehead atoms. The van der Waals surface area contributed by atoms with Gasteiger partial charge in [0.1, 0.15) is 23.5 Å². The van der Waals surface area contributed by atoms with Crippen LogP contribution in [0.4, 0.5) is 18.9 Å². The van der Waals surface area contributed by atoms with Gasteiger partial charge in [-0.3, -0.25) is 19.2 Å². The molecular weight excluding hydrogens is 533 g/mol. The number of nitrogens with two attached hydrogens (primary N) is 1. The fourth-order valence-corrected chi connectivity index (χ4v) is 5.88. The van der Waals surface area contributed by atoms with Gasteiger partial charge in [0.2, 0.25) is 15.9 Å². The Morgan fingerprint density at radius 3 is 1.97 bits per heavy atom. The van der Waals surface area contributed by atoms with Crippen LogP contribution in [-0.2, 0) is 14.8 Å². The Morgan fingerprint density at radius 1 is 0.923 bits per heavy atom. The van der Waals surface area contributed by atoms with Gasteiger partial charge in [-0.1, -0.05) is 24.3 Å². The second-order valence-electron chi connectivity index (χ2n) is 9.54. The van der Waals surface area contributed by atoms with Gasteiger partial charge in [-0.05, 0) is 60.5 Å². The zero-order valence-electron chi connectivity index (χ0n) is 20.9. The van der Waals surface area contributed by atoms with Gasteiger partial charge < -0.3 is 11.1 Å². The molecule has 3 aromatic rings. The molecule has 0 unspecified atom stereocenters. The normalized spacial score (nSPS) is 15.0. The van der Waals surface area contributed by atoms with E-state index in [1.54, 1.807) is 24.3 Å². The fourth-order valence-electron chi connectivity index (χ4n) is 4.49. The van der Waals surface area contributed by atoms with Crippen molar-refractivity contribution in [2.75, 3.05) is 23.6 Å². The lowest BCUT2D eigenvalue weighted by Gasteiger charge is -2.44. The van der Waals surface area contributed by atoms with Crippen molar-refractivity contribution in [3.05, 3.63) is 101 Å². The van der Waals surface area contributed by atoms with E-state index in [1.807, 2.05) is 4.90 Å². The molecule has 0 aliphatic carbocycles. The van der Waals surface area contributed by atoms with E-state index in [1.165, 1.54) is 31.2 Å². The summed E-state index contributed by atoms with van der Waals surface area (Å²) in [5.74, 6) is -3.73. The monoisotopic (exact) mass is 560 g/mol. The van der Waals surface area contributed by atoms with Crippen LogP contribution in [0.3, 0.4) is 0 Å². The van der Waals surface area contributed by atoms with Crippen molar-refractivity contribution in [1.29, 1.82) is 0 Å². The first kappa shape index (κ1) is 28.1. The molecule has 2 amide bonds. The lowest BCUT2D eigenvalue weighted by Crippen LogP contribution is -2.51. The maximum Gasteiger partial charge on any atom is 0.252 e. The summed E-state index contributed by atoms with van der Waals surface area (Å²) in [5, 5.41) is 2.31. The summed E-state index contributed by atoms with van der Waals surface area (Å²) in [6, 6.07) is 13.6. The number of halogens is 3.